The van der Waals surface area contributed by atoms with Gasteiger partial charge in [-0.15, -0.1) is 0 Å². The van der Waals surface area contributed by atoms with Crippen molar-refractivity contribution in [1.29, 1.82) is 0 Å². The second kappa shape index (κ2) is 6.36. The third-order valence-electron chi connectivity index (χ3n) is 7.86. The molecule has 3 amide bonds. The number of nitro benzene ring substituents is 1. The van der Waals surface area contributed by atoms with Gasteiger partial charge in [-0.05, 0) is 80.9 Å². The van der Waals surface area contributed by atoms with E-state index in [0.29, 0.717) is 23.3 Å². The minimum Gasteiger partial charge on any atom is -0.319 e. The van der Waals surface area contributed by atoms with E-state index in [1.165, 1.54) is 43.5 Å². The van der Waals surface area contributed by atoms with Crippen LogP contribution in [-0.4, -0.2) is 34.1 Å². The molecule has 1 atom stereocenters. The fraction of sp³-hybridized carbons (Fsp3) is 0.591. The molecule has 0 radical (unpaired) electrons. The summed E-state index contributed by atoms with van der Waals surface area (Å²) in [6, 6.07) is 4.98. The van der Waals surface area contributed by atoms with Crippen molar-refractivity contribution in [2.45, 2.75) is 51.0 Å². The van der Waals surface area contributed by atoms with Crippen molar-refractivity contribution in [1.82, 2.24) is 10.2 Å². The first kappa shape index (κ1) is 19.2. The molecule has 1 aromatic rings. The molecule has 4 aliphatic carbocycles. The zero-order chi connectivity index (χ0) is 21.3. The summed E-state index contributed by atoms with van der Waals surface area (Å²) in [5, 5.41) is 13.6. The summed E-state index contributed by atoms with van der Waals surface area (Å²) < 4.78 is 0. The summed E-state index contributed by atoms with van der Waals surface area (Å²) in [7, 11) is 0. The molecule has 8 nitrogen and oxygen atoms in total. The number of ketones is 1. The highest BCUT2D eigenvalue weighted by molar-refractivity contribution is 6.09. The van der Waals surface area contributed by atoms with Gasteiger partial charge in [0.2, 0.25) is 0 Å². The normalized spacial score (nSPS) is 36.8. The van der Waals surface area contributed by atoms with Gasteiger partial charge >= 0.3 is 6.03 Å². The van der Waals surface area contributed by atoms with Crippen LogP contribution in [0, 0.1) is 33.3 Å². The predicted molar refractivity (Wildman–Crippen MR) is 106 cm³/mol. The van der Waals surface area contributed by atoms with E-state index < -0.39 is 22.4 Å². The molecule has 1 aromatic carbocycles. The number of imide groups is 1. The quantitative estimate of drug-likeness (QED) is 0.455. The number of hydrogen-bond acceptors (Lipinski definition) is 5. The van der Waals surface area contributed by atoms with Crippen LogP contribution in [0.5, 0.6) is 0 Å². The maximum Gasteiger partial charge on any atom is 0.325 e. The number of carbonyl (C=O) groups is 3. The number of nitrogens with zero attached hydrogens (tertiary/aromatic N) is 2. The lowest BCUT2D eigenvalue weighted by molar-refractivity contribution is -0.384. The van der Waals surface area contributed by atoms with E-state index in [2.05, 4.69) is 5.32 Å². The lowest BCUT2D eigenvalue weighted by Gasteiger charge is -2.56. The highest BCUT2D eigenvalue weighted by Crippen LogP contribution is 2.60. The second-order valence-corrected chi connectivity index (χ2v) is 9.87. The monoisotopic (exact) mass is 411 g/mol. The lowest BCUT2D eigenvalue weighted by Crippen LogP contribution is -2.53. The molecule has 5 aliphatic rings. The Balaban J connectivity index is 1.36. The number of non-ortho nitro benzene ring substituents is 1. The molecule has 1 aliphatic heterocycles. The Morgan fingerprint density at radius 2 is 1.63 bits per heavy atom. The molecule has 5 fully saturated rings. The van der Waals surface area contributed by atoms with Gasteiger partial charge in [0.25, 0.3) is 11.6 Å². The number of amides is 3. The van der Waals surface area contributed by atoms with Gasteiger partial charge in [0.1, 0.15) is 5.54 Å². The highest BCUT2D eigenvalue weighted by Gasteiger charge is 2.56. The molecular formula is C22H25N3O5. The van der Waals surface area contributed by atoms with Gasteiger partial charge in [0.05, 0.1) is 11.5 Å². The van der Waals surface area contributed by atoms with Crippen molar-refractivity contribution in [2.75, 3.05) is 6.54 Å². The van der Waals surface area contributed by atoms with E-state index in [9.17, 15) is 24.5 Å². The average Bonchev–Trinajstić information content (AvgIpc) is 2.91. The second-order valence-electron chi connectivity index (χ2n) is 9.87. The van der Waals surface area contributed by atoms with Crippen LogP contribution in [0.15, 0.2) is 24.3 Å². The highest BCUT2D eigenvalue weighted by atomic mass is 16.6. The van der Waals surface area contributed by atoms with Crippen molar-refractivity contribution in [3.63, 3.8) is 0 Å². The Kier molecular flexibility index (Phi) is 4.07. The lowest BCUT2D eigenvalue weighted by atomic mass is 9.48. The molecule has 4 bridgehead atoms. The Hall–Kier alpha value is -2.77. The van der Waals surface area contributed by atoms with Gasteiger partial charge < -0.3 is 5.32 Å². The Bertz CT molecular complexity index is 921. The topological polar surface area (TPSA) is 110 Å². The van der Waals surface area contributed by atoms with E-state index in [4.69, 9.17) is 0 Å². The molecule has 6 rings (SSSR count). The van der Waals surface area contributed by atoms with Gasteiger partial charge in [-0.3, -0.25) is 24.6 Å². The van der Waals surface area contributed by atoms with Gasteiger partial charge in [-0.25, -0.2) is 4.79 Å². The first-order valence-corrected chi connectivity index (χ1v) is 10.6. The zero-order valence-corrected chi connectivity index (χ0v) is 16.9. The minimum atomic E-state index is -1.34. The Morgan fingerprint density at radius 3 is 2.13 bits per heavy atom. The molecule has 158 valence electrons. The molecule has 0 aromatic heterocycles. The zero-order valence-electron chi connectivity index (χ0n) is 16.9. The van der Waals surface area contributed by atoms with Gasteiger partial charge in [-0.1, -0.05) is 0 Å². The average molecular weight is 411 g/mol. The minimum absolute atomic E-state index is 0.0121. The van der Waals surface area contributed by atoms with E-state index in [0.717, 1.165) is 24.2 Å². The number of Topliss-reactive ketones (excluding diaryl/α,β-unsaturated/α-hetero) is 1. The molecule has 1 unspecified atom stereocenters. The SMILES string of the molecule is CC1(c2ccc([N+](=O)[O-])cc2)NC(=O)N(CC(=O)C23CC4CC(CC(C4)C2)C3)C1=O. The van der Waals surface area contributed by atoms with Crippen LogP contribution in [0.25, 0.3) is 0 Å². The van der Waals surface area contributed by atoms with Crippen molar-refractivity contribution in [2.24, 2.45) is 23.2 Å². The summed E-state index contributed by atoms with van der Waals surface area (Å²) in [6.07, 6.45) is 6.32. The van der Waals surface area contributed by atoms with E-state index >= 15 is 0 Å². The molecule has 4 saturated carbocycles. The van der Waals surface area contributed by atoms with Gasteiger partial charge in [0, 0.05) is 17.5 Å². The van der Waals surface area contributed by atoms with Crippen LogP contribution >= 0.6 is 0 Å². The van der Waals surface area contributed by atoms with Gasteiger partial charge in [0.15, 0.2) is 5.78 Å². The van der Waals surface area contributed by atoms with Crippen LogP contribution in [0.1, 0.15) is 51.0 Å². The summed E-state index contributed by atoms with van der Waals surface area (Å²) in [4.78, 5) is 50.6. The van der Waals surface area contributed by atoms with E-state index in [-0.39, 0.29) is 23.4 Å². The van der Waals surface area contributed by atoms with Crippen LogP contribution in [0.3, 0.4) is 0 Å². The third kappa shape index (κ3) is 2.76. The number of rotatable bonds is 5. The van der Waals surface area contributed by atoms with Crippen molar-refractivity contribution >= 4 is 23.4 Å². The van der Waals surface area contributed by atoms with Crippen LogP contribution < -0.4 is 5.32 Å². The molecule has 8 heteroatoms. The largest absolute Gasteiger partial charge is 0.325 e. The molecule has 1 saturated heterocycles. The molecule has 1 N–H and O–H groups in total. The molecule has 0 spiro atoms. The van der Waals surface area contributed by atoms with Crippen LogP contribution in [0.4, 0.5) is 10.5 Å². The summed E-state index contributed by atoms with van der Waals surface area (Å²) in [5.74, 6) is 1.34. The number of carbonyl (C=O) groups excluding carboxylic acids is 3. The third-order valence-corrected chi connectivity index (χ3v) is 7.86. The van der Waals surface area contributed by atoms with E-state index in [1.54, 1.807) is 6.92 Å². The fourth-order valence-corrected chi connectivity index (χ4v) is 6.72. The molecular weight excluding hydrogens is 386 g/mol. The smallest absolute Gasteiger partial charge is 0.319 e. The standard InChI is InChI=1S/C22H25N3O5/c1-21(16-2-4-17(5-3-16)25(29)30)19(27)24(20(28)23-21)12-18(26)22-9-13-6-14(10-22)8-15(7-13)11-22/h2-5,13-15H,6-12H2,1H3,(H,23,28). The maximum atomic E-state index is 13.4. The summed E-state index contributed by atoms with van der Waals surface area (Å²) in [5.41, 5.74) is -1.35. The summed E-state index contributed by atoms with van der Waals surface area (Å²) >= 11 is 0. The van der Waals surface area contributed by atoms with Crippen molar-refractivity contribution in [3.8, 4) is 0 Å². The number of urea groups is 1. The predicted octanol–water partition coefficient (Wildman–Crippen LogP) is 3.15. The molecule has 1 heterocycles. The first-order chi connectivity index (χ1) is 14.2. The number of hydrogen-bond donors (Lipinski definition) is 1. The number of benzene rings is 1. The van der Waals surface area contributed by atoms with Crippen LogP contribution in [-0.2, 0) is 15.1 Å². The van der Waals surface area contributed by atoms with Crippen molar-refractivity contribution < 1.29 is 19.3 Å². The maximum absolute atomic E-state index is 13.4. The molecule has 30 heavy (non-hydrogen) atoms. The Labute approximate surface area is 174 Å². The van der Waals surface area contributed by atoms with Crippen molar-refractivity contribution in [3.05, 3.63) is 39.9 Å². The Morgan fingerprint density at radius 1 is 1.10 bits per heavy atom. The van der Waals surface area contributed by atoms with Gasteiger partial charge in [-0.2, -0.15) is 0 Å². The van der Waals surface area contributed by atoms with Crippen LogP contribution in [0.2, 0.25) is 0 Å². The number of nitro groups is 1. The summed E-state index contributed by atoms with van der Waals surface area (Å²) in [6.45, 7) is 1.38. The fourth-order valence-electron chi connectivity index (χ4n) is 6.72. The first-order valence-electron chi connectivity index (χ1n) is 10.6. The van der Waals surface area contributed by atoms with E-state index in [1.807, 2.05) is 0 Å². The number of nitrogens with one attached hydrogen (secondary N) is 1.